The zero-order valence-electron chi connectivity index (χ0n) is 39.0. The average Bonchev–Trinajstić information content (AvgIpc) is 3.64. The fourth-order valence-electron chi connectivity index (χ4n) is 7.32. The maximum absolute atomic E-state index is 8.83. The van der Waals surface area contributed by atoms with Gasteiger partial charge in [0.05, 0.1) is 25.1 Å². The van der Waals surface area contributed by atoms with Crippen molar-refractivity contribution in [3.63, 3.8) is 0 Å². The lowest BCUT2D eigenvalue weighted by Gasteiger charge is -2.30. The van der Waals surface area contributed by atoms with Gasteiger partial charge in [-0.1, -0.05) is 188 Å². The van der Waals surface area contributed by atoms with E-state index in [1.54, 1.807) is 6.07 Å². The van der Waals surface area contributed by atoms with Gasteiger partial charge in [-0.15, -0.1) is 0 Å². The molecule has 0 N–H and O–H groups in total. The molecule has 5 nitrogen and oxygen atoms in total. The average molecular weight is 730 g/mol. The highest BCUT2D eigenvalue weighted by Gasteiger charge is 2.52. The fourth-order valence-corrected chi connectivity index (χ4v) is 12.2. The van der Waals surface area contributed by atoms with Crippen molar-refractivity contribution in [3.8, 4) is 67.8 Å². The summed E-state index contributed by atoms with van der Waals surface area (Å²) < 4.78 is 85.5. The number of aromatic nitrogens is 5. The van der Waals surface area contributed by atoms with Crippen molar-refractivity contribution in [2.45, 2.75) is 0 Å². The normalized spacial score (nSPS) is 15.1. The van der Waals surface area contributed by atoms with Crippen molar-refractivity contribution in [2.24, 2.45) is 0 Å². The van der Waals surface area contributed by atoms with Crippen LogP contribution >= 0.6 is 0 Å². The summed E-state index contributed by atoms with van der Waals surface area (Å²) in [5.41, 5.74) is 5.09. The molecule has 0 fully saturated rings. The van der Waals surface area contributed by atoms with Crippen LogP contribution in [0.4, 0.5) is 0 Å². The first-order chi connectivity index (χ1) is 31.4. The summed E-state index contributed by atoms with van der Waals surface area (Å²) in [6, 6.07) is 39.9. The van der Waals surface area contributed by atoms with Crippen molar-refractivity contribution < 1.29 is 13.7 Å². The number of fused-ring (bicyclic) bond motifs is 3. The van der Waals surface area contributed by atoms with Crippen LogP contribution < -0.4 is 21.0 Å². The SMILES string of the molecule is [2H]c1c([2H])c([2H])c(-c2nc(-c3cccc([Si]4(c5ccccc5)c5nc(-c6ccccc6)ccc5-c5ccc(-c6ccccc6)nc54)c3)nc(-c3c([2H])c([2H])c([2H])c([2H])c3[2H])n2)c([2H])c1[2H]. The van der Waals surface area contributed by atoms with Crippen LogP contribution in [-0.4, -0.2) is 33.0 Å². The van der Waals surface area contributed by atoms with E-state index >= 15 is 0 Å². The topological polar surface area (TPSA) is 64.5 Å². The fraction of sp³-hybridized carbons (Fsp3) is 0. The maximum Gasteiger partial charge on any atom is 0.224 e. The van der Waals surface area contributed by atoms with Crippen molar-refractivity contribution in [3.05, 3.63) is 200 Å². The highest BCUT2D eigenvalue weighted by Crippen LogP contribution is 2.32. The van der Waals surface area contributed by atoms with Gasteiger partial charge in [0.15, 0.2) is 17.5 Å². The zero-order valence-corrected chi connectivity index (χ0v) is 30.0. The molecule has 0 saturated carbocycles. The Morgan fingerprint density at radius 3 is 1.25 bits per heavy atom. The van der Waals surface area contributed by atoms with E-state index in [9.17, 15) is 0 Å². The largest absolute Gasteiger partial charge is 0.256 e. The highest BCUT2D eigenvalue weighted by atomic mass is 28.3. The first-order valence-electron chi connectivity index (χ1n) is 22.6. The number of hydrogen-bond acceptors (Lipinski definition) is 5. The van der Waals surface area contributed by atoms with E-state index in [4.69, 9.17) is 33.6 Å². The molecule has 6 heteroatoms. The molecule has 0 bridgehead atoms. The molecule has 1 aliphatic rings. The quantitative estimate of drug-likeness (QED) is 0.154. The lowest BCUT2D eigenvalue weighted by molar-refractivity contribution is 1.07. The van der Waals surface area contributed by atoms with Crippen LogP contribution in [0.15, 0.2) is 200 Å². The minimum atomic E-state index is -3.51. The Morgan fingerprint density at radius 2 is 0.764 bits per heavy atom. The Kier molecular flexibility index (Phi) is 5.84. The molecule has 10 rings (SSSR count). The van der Waals surface area contributed by atoms with Gasteiger partial charge in [-0.05, 0) is 22.5 Å². The van der Waals surface area contributed by atoms with Crippen molar-refractivity contribution >= 4 is 29.1 Å². The molecular formula is C49H33N5Si. The van der Waals surface area contributed by atoms with Crippen LogP contribution in [-0.2, 0) is 0 Å². The minimum Gasteiger partial charge on any atom is -0.256 e. The lowest BCUT2D eigenvalue weighted by Crippen LogP contribution is -2.74. The molecule has 258 valence electrons. The number of benzene rings is 6. The molecule has 0 spiro atoms. The first kappa shape index (κ1) is 23.5. The van der Waals surface area contributed by atoms with E-state index in [1.807, 2.05) is 109 Å². The monoisotopic (exact) mass is 729 g/mol. The third-order valence-electron chi connectivity index (χ3n) is 9.77. The van der Waals surface area contributed by atoms with Gasteiger partial charge in [0.2, 0.25) is 8.07 Å². The van der Waals surface area contributed by atoms with Gasteiger partial charge in [-0.3, -0.25) is 9.97 Å². The third kappa shape index (κ3) is 5.68. The second-order valence-electron chi connectivity index (χ2n) is 12.9. The molecule has 3 aromatic heterocycles. The van der Waals surface area contributed by atoms with Crippen molar-refractivity contribution in [1.29, 1.82) is 0 Å². The smallest absolute Gasteiger partial charge is 0.224 e. The summed E-state index contributed by atoms with van der Waals surface area (Å²) in [6.45, 7) is 0. The van der Waals surface area contributed by atoms with E-state index < -0.39 is 68.5 Å². The van der Waals surface area contributed by atoms with Gasteiger partial charge in [-0.2, -0.15) is 0 Å². The Bertz CT molecular complexity index is 3160. The first-order valence-corrected chi connectivity index (χ1v) is 19.6. The summed E-state index contributed by atoms with van der Waals surface area (Å²) in [5, 5.41) is 3.59. The van der Waals surface area contributed by atoms with Crippen LogP contribution in [0.2, 0.25) is 0 Å². The predicted octanol–water partition coefficient (Wildman–Crippen LogP) is 8.35. The third-order valence-corrected chi connectivity index (χ3v) is 14.3. The minimum absolute atomic E-state index is 0.0295. The summed E-state index contributed by atoms with van der Waals surface area (Å²) in [7, 11) is -3.51. The molecular weight excluding hydrogens is 687 g/mol. The molecule has 0 radical (unpaired) electrons. The molecule has 0 aliphatic carbocycles. The van der Waals surface area contributed by atoms with Gasteiger partial charge in [-0.25, -0.2) is 15.0 Å². The van der Waals surface area contributed by atoms with E-state index in [0.29, 0.717) is 5.56 Å². The second kappa shape index (κ2) is 13.7. The number of pyridine rings is 2. The Balaban J connectivity index is 1.28. The Hall–Kier alpha value is -7.15. The molecule has 4 heterocycles. The summed E-state index contributed by atoms with van der Waals surface area (Å²) in [5.74, 6) is -0.707. The van der Waals surface area contributed by atoms with E-state index in [0.717, 1.165) is 54.6 Å². The Labute approximate surface area is 334 Å². The molecule has 9 aromatic rings. The zero-order chi connectivity index (χ0) is 45.3. The number of nitrogens with zero attached hydrogens (tertiary/aromatic N) is 5. The highest BCUT2D eigenvalue weighted by molar-refractivity contribution is 7.21. The molecule has 0 amide bonds. The van der Waals surface area contributed by atoms with Crippen LogP contribution in [0.25, 0.3) is 67.8 Å². The molecule has 55 heavy (non-hydrogen) atoms. The van der Waals surface area contributed by atoms with Gasteiger partial charge in [0.1, 0.15) is 0 Å². The van der Waals surface area contributed by atoms with Crippen LogP contribution in [0.5, 0.6) is 0 Å². The summed E-state index contributed by atoms with van der Waals surface area (Å²) in [6.07, 6.45) is 0. The van der Waals surface area contributed by atoms with Crippen LogP contribution in [0.3, 0.4) is 0 Å². The van der Waals surface area contributed by atoms with E-state index in [-0.39, 0.29) is 28.6 Å². The van der Waals surface area contributed by atoms with Crippen LogP contribution in [0, 0.1) is 0 Å². The lowest BCUT2D eigenvalue weighted by atomic mass is 10.1. The van der Waals surface area contributed by atoms with E-state index in [2.05, 4.69) is 29.2 Å². The molecule has 0 saturated heterocycles. The molecule has 6 aromatic carbocycles. The molecule has 1 aliphatic heterocycles. The van der Waals surface area contributed by atoms with Gasteiger partial charge in [0, 0.05) is 49.6 Å². The second-order valence-corrected chi connectivity index (χ2v) is 16.5. The number of hydrogen-bond donors (Lipinski definition) is 0. The van der Waals surface area contributed by atoms with Gasteiger partial charge >= 0.3 is 0 Å². The predicted molar refractivity (Wildman–Crippen MR) is 225 cm³/mol. The standard InChI is InChI=1S/C49H33N5Si/c1-6-17-34(18-7-1)43-31-29-41-42-30-32-44(35-19-8-2-9-20-35)51-49(42)55(48(41)50-43,39-26-14-5-15-27-39)40-28-16-25-38(33-40)47-53-45(36-21-10-3-11-22-36)52-46(54-47)37-23-12-4-13-24-37/h1-33H/i3D,4D,10D,11D,12D,13D,21D,22D,23D,24D. The Morgan fingerprint density at radius 1 is 0.345 bits per heavy atom. The van der Waals surface area contributed by atoms with E-state index in [1.165, 1.54) is 0 Å². The van der Waals surface area contributed by atoms with Crippen molar-refractivity contribution in [2.75, 3.05) is 0 Å². The number of rotatable bonds is 7. The maximum atomic E-state index is 8.83. The summed E-state index contributed by atoms with van der Waals surface area (Å²) >= 11 is 0. The molecule has 0 atom stereocenters. The van der Waals surface area contributed by atoms with Gasteiger partial charge in [0.25, 0.3) is 0 Å². The van der Waals surface area contributed by atoms with Crippen LogP contribution in [0.1, 0.15) is 13.7 Å². The van der Waals surface area contributed by atoms with Gasteiger partial charge < -0.3 is 0 Å². The van der Waals surface area contributed by atoms with Crippen molar-refractivity contribution in [1.82, 2.24) is 24.9 Å². The molecule has 0 unspecified atom stereocenters. The summed E-state index contributed by atoms with van der Waals surface area (Å²) in [4.78, 5) is 25.1.